The first-order valence-corrected chi connectivity index (χ1v) is 10.3. The van der Waals surface area contributed by atoms with Crippen LogP contribution < -0.4 is 14.4 Å². The lowest BCUT2D eigenvalue weighted by atomic mass is 10.2. The second-order valence-electron chi connectivity index (χ2n) is 6.81. The molecule has 1 fully saturated rings. The molecular weight excluding hydrogens is 370 g/mol. The van der Waals surface area contributed by atoms with Gasteiger partial charge in [0.25, 0.3) is 0 Å². The summed E-state index contributed by atoms with van der Waals surface area (Å²) < 4.78 is 10.7. The molecule has 146 valence electrons. The van der Waals surface area contributed by atoms with Gasteiger partial charge in [0.2, 0.25) is 0 Å². The molecule has 0 amide bonds. The van der Waals surface area contributed by atoms with Gasteiger partial charge in [-0.1, -0.05) is 18.2 Å². The lowest BCUT2D eigenvalue weighted by molar-refractivity contribution is 0.247. The molecule has 3 aromatic rings. The topological polar surface area (TPSA) is 37.8 Å². The molecule has 6 heteroatoms. The number of rotatable bonds is 6. The smallest absolute Gasteiger partial charge is 0.161 e. The van der Waals surface area contributed by atoms with Crippen molar-refractivity contribution in [2.45, 2.75) is 6.54 Å². The largest absolute Gasteiger partial charge is 0.493 e. The molecule has 5 nitrogen and oxygen atoms in total. The number of benzene rings is 2. The summed E-state index contributed by atoms with van der Waals surface area (Å²) in [4.78, 5) is 9.78. The minimum atomic E-state index is 0.730. The maximum absolute atomic E-state index is 5.41. The Kier molecular flexibility index (Phi) is 5.78. The van der Waals surface area contributed by atoms with Crippen molar-refractivity contribution >= 4 is 17.0 Å². The van der Waals surface area contributed by atoms with Crippen LogP contribution in [0.2, 0.25) is 0 Å². The predicted octanol–water partition coefficient (Wildman–Crippen LogP) is 4.15. The summed E-state index contributed by atoms with van der Waals surface area (Å²) in [5, 5.41) is 3.18. The highest BCUT2D eigenvalue weighted by atomic mass is 32.1. The minimum absolute atomic E-state index is 0.730. The molecule has 1 aromatic heterocycles. The van der Waals surface area contributed by atoms with Crippen LogP contribution in [-0.2, 0) is 6.54 Å². The van der Waals surface area contributed by atoms with Gasteiger partial charge in [0.1, 0.15) is 5.01 Å². The number of piperazine rings is 1. The Hall–Kier alpha value is -2.57. The third kappa shape index (κ3) is 4.13. The lowest BCUT2D eigenvalue weighted by Crippen LogP contribution is -2.46. The molecule has 2 aromatic carbocycles. The molecule has 0 N–H and O–H groups in total. The minimum Gasteiger partial charge on any atom is -0.493 e. The molecule has 4 rings (SSSR count). The quantitative estimate of drug-likeness (QED) is 0.627. The zero-order valence-corrected chi connectivity index (χ0v) is 17.1. The van der Waals surface area contributed by atoms with Crippen molar-refractivity contribution in [3.63, 3.8) is 0 Å². The first-order chi connectivity index (χ1) is 13.8. The van der Waals surface area contributed by atoms with Crippen LogP contribution in [0.15, 0.2) is 53.9 Å². The molecule has 1 saturated heterocycles. The number of anilines is 1. The van der Waals surface area contributed by atoms with E-state index < -0.39 is 0 Å². The summed E-state index contributed by atoms with van der Waals surface area (Å²) in [6.07, 6.45) is 0. The third-order valence-electron chi connectivity index (χ3n) is 5.06. The Bertz CT molecular complexity index is 905. The Balaban J connectivity index is 1.38. The molecule has 1 aliphatic rings. The van der Waals surface area contributed by atoms with Crippen LogP contribution in [0.3, 0.4) is 0 Å². The second-order valence-corrected chi connectivity index (χ2v) is 7.67. The fourth-order valence-electron chi connectivity index (χ4n) is 3.51. The van der Waals surface area contributed by atoms with E-state index in [1.54, 1.807) is 25.6 Å². The maximum atomic E-state index is 5.41. The Labute approximate surface area is 170 Å². The summed E-state index contributed by atoms with van der Waals surface area (Å²) in [6, 6.07) is 16.6. The highest BCUT2D eigenvalue weighted by Crippen LogP contribution is 2.33. The highest BCUT2D eigenvalue weighted by molar-refractivity contribution is 7.13. The fourth-order valence-corrected chi connectivity index (χ4v) is 4.32. The van der Waals surface area contributed by atoms with Gasteiger partial charge in [0.15, 0.2) is 11.5 Å². The molecule has 0 radical (unpaired) electrons. The predicted molar refractivity (Wildman–Crippen MR) is 115 cm³/mol. The number of para-hydroxylation sites is 1. The Morgan fingerprint density at radius 2 is 1.68 bits per heavy atom. The average Bonchev–Trinajstić information content (AvgIpc) is 3.23. The van der Waals surface area contributed by atoms with Gasteiger partial charge in [-0.15, -0.1) is 11.3 Å². The molecule has 1 aliphatic heterocycles. The third-order valence-corrected chi connectivity index (χ3v) is 6.00. The van der Waals surface area contributed by atoms with Gasteiger partial charge in [-0.25, -0.2) is 4.98 Å². The molecule has 0 bridgehead atoms. The van der Waals surface area contributed by atoms with Crippen LogP contribution >= 0.6 is 11.3 Å². The first-order valence-electron chi connectivity index (χ1n) is 9.46. The van der Waals surface area contributed by atoms with Crippen molar-refractivity contribution < 1.29 is 9.47 Å². The van der Waals surface area contributed by atoms with Gasteiger partial charge in [-0.05, 0) is 30.3 Å². The number of nitrogens with zero attached hydrogens (tertiary/aromatic N) is 3. The van der Waals surface area contributed by atoms with Gasteiger partial charge < -0.3 is 14.4 Å². The number of ether oxygens (including phenoxy) is 2. The van der Waals surface area contributed by atoms with Crippen molar-refractivity contribution in [1.82, 2.24) is 9.88 Å². The van der Waals surface area contributed by atoms with Gasteiger partial charge in [0, 0.05) is 49.4 Å². The van der Waals surface area contributed by atoms with Crippen LogP contribution in [-0.4, -0.2) is 50.3 Å². The average molecular weight is 396 g/mol. The van der Waals surface area contributed by atoms with Crippen LogP contribution in [0, 0.1) is 0 Å². The van der Waals surface area contributed by atoms with E-state index in [1.807, 2.05) is 18.2 Å². The fraction of sp³-hybridized carbons (Fsp3) is 0.318. The summed E-state index contributed by atoms with van der Waals surface area (Å²) >= 11 is 1.68. The van der Waals surface area contributed by atoms with Crippen molar-refractivity contribution in [3.05, 3.63) is 59.6 Å². The lowest BCUT2D eigenvalue weighted by Gasteiger charge is -2.35. The summed E-state index contributed by atoms with van der Waals surface area (Å²) in [5.74, 6) is 1.47. The van der Waals surface area contributed by atoms with E-state index in [0.29, 0.717) is 0 Å². The van der Waals surface area contributed by atoms with Gasteiger partial charge >= 0.3 is 0 Å². The first kappa shape index (κ1) is 18.8. The summed E-state index contributed by atoms with van der Waals surface area (Å²) in [5.41, 5.74) is 3.50. The molecule has 28 heavy (non-hydrogen) atoms. The van der Waals surface area contributed by atoms with Crippen molar-refractivity contribution in [1.29, 1.82) is 0 Å². The van der Waals surface area contributed by atoms with E-state index in [1.165, 1.54) is 5.69 Å². The number of thiazole rings is 1. The van der Waals surface area contributed by atoms with Crippen LogP contribution in [0.1, 0.15) is 5.69 Å². The van der Waals surface area contributed by atoms with E-state index in [2.05, 4.69) is 45.5 Å². The van der Waals surface area contributed by atoms with E-state index in [-0.39, 0.29) is 0 Å². The molecular formula is C22H25N3O2S. The highest BCUT2D eigenvalue weighted by Gasteiger charge is 2.18. The maximum Gasteiger partial charge on any atom is 0.161 e. The summed E-state index contributed by atoms with van der Waals surface area (Å²) in [7, 11) is 3.31. The second kappa shape index (κ2) is 8.63. The number of hydrogen-bond donors (Lipinski definition) is 0. The molecule has 0 unspecified atom stereocenters. The molecule has 2 heterocycles. The van der Waals surface area contributed by atoms with Crippen LogP contribution in [0.4, 0.5) is 5.69 Å². The van der Waals surface area contributed by atoms with Gasteiger partial charge in [-0.3, -0.25) is 4.90 Å². The molecule has 0 aliphatic carbocycles. The molecule has 0 spiro atoms. The Morgan fingerprint density at radius 1 is 0.929 bits per heavy atom. The van der Waals surface area contributed by atoms with E-state index in [9.17, 15) is 0 Å². The summed E-state index contributed by atoms with van der Waals surface area (Å²) in [6.45, 7) is 5.11. The van der Waals surface area contributed by atoms with Gasteiger partial charge in [0.05, 0.1) is 19.9 Å². The number of hydrogen-bond acceptors (Lipinski definition) is 6. The standard InChI is InChI=1S/C22H25N3O2S/c1-26-20-9-8-17(14-21(20)27-2)22-23-18(16-28-22)15-24-10-12-25(13-11-24)19-6-4-3-5-7-19/h3-9,14,16H,10-13,15H2,1-2H3. The van der Waals surface area contributed by atoms with Crippen molar-refractivity contribution in [2.24, 2.45) is 0 Å². The van der Waals surface area contributed by atoms with Crippen LogP contribution in [0.25, 0.3) is 10.6 Å². The van der Waals surface area contributed by atoms with Crippen molar-refractivity contribution in [3.8, 4) is 22.1 Å². The van der Waals surface area contributed by atoms with Crippen molar-refractivity contribution in [2.75, 3.05) is 45.3 Å². The van der Waals surface area contributed by atoms with E-state index in [0.717, 1.165) is 60.5 Å². The van der Waals surface area contributed by atoms with E-state index >= 15 is 0 Å². The zero-order chi connectivity index (χ0) is 19.3. The zero-order valence-electron chi connectivity index (χ0n) is 16.3. The number of methoxy groups -OCH3 is 2. The number of aromatic nitrogens is 1. The normalized spacial score (nSPS) is 14.9. The van der Waals surface area contributed by atoms with Crippen LogP contribution in [0.5, 0.6) is 11.5 Å². The van der Waals surface area contributed by atoms with Gasteiger partial charge in [-0.2, -0.15) is 0 Å². The monoisotopic (exact) mass is 395 g/mol. The van der Waals surface area contributed by atoms with E-state index in [4.69, 9.17) is 14.5 Å². The Morgan fingerprint density at radius 3 is 2.39 bits per heavy atom. The molecule has 0 saturated carbocycles. The molecule has 0 atom stereocenters. The SMILES string of the molecule is COc1ccc(-c2nc(CN3CCN(c4ccccc4)CC3)cs2)cc1OC.